The van der Waals surface area contributed by atoms with Crippen LogP contribution in [0.25, 0.3) is 11.0 Å². The van der Waals surface area contributed by atoms with E-state index in [9.17, 15) is 4.79 Å². The summed E-state index contributed by atoms with van der Waals surface area (Å²) in [6.45, 7) is 3.50. The molecule has 5 nitrogen and oxygen atoms in total. The van der Waals surface area contributed by atoms with Crippen molar-refractivity contribution in [1.29, 1.82) is 0 Å². The Kier molecular flexibility index (Phi) is 2.78. The first-order chi connectivity index (χ1) is 7.58. The van der Waals surface area contributed by atoms with Gasteiger partial charge in [-0.1, -0.05) is 30.3 Å². The molecule has 0 fully saturated rings. The number of benzene rings is 1. The monoisotopic (exact) mass is 239 g/mol. The number of rotatable bonds is 2. The van der Waals surface area contributed by atoms with Crippen LogP contribution >= 0.6 is 11.6 Å². The molecule has 0 spiro atoms. The summed E-state index contributed by atoms with van der Waals surface area (Å²) in [5.74, 6) is -0.576. The van der Waals surface area contributed by atoms with Crippen LogP contribution in [-0.2, 0) is 4.79 Å². The fourth-order valence-corrected chi connectivity index (χ4v) is 1.30. The van der Waals surface area contributed by atoms with Gasteiger partial charge in [0.25, 0.3) is 0 Å². The average molecular weight is 240 g/mol. The van der Waals surface area contributed by atoms with Crippen LogP contribution in [0.1, 0.15) is 13.8 Å². The SMILES string of the molecule is CC(C)C(=O)On1nnc2cc(Cl)ccc21. The molecule has 1 aromatic heterocycles. The van der Waals surface area contributed by atoms with E-state index in [1.54, 1.807) is 32.0 Å². The molecule has 0 saturated heterocycles. The van der Waals surface area contributed by atoms with Crippen molar-refractivity contribution in [3.05, 3.63) is 23.2 Å². The highest BCUT2D eigenvalue weighted by molar-refractivity contribution is 6.31. The molecule has 84 valence electrons. The normalized spacial score (nSPS) is 11.0. The van der Waals surface area contributed by atoms with Crippen LogP contribution in [0, 0.1) is 5.92 Å². The first kappa shape index (κ1) is 10.9. The summed E-state index contributed by atoms with van der Waals surface area (Å²) in [5.41, 5.74) is 1.20. The summed E-state index contributed by atoms with van der Waals surface area (Å²) < 4.78 is 0. The molecule has 2 aromatic rings. The molecule has 0 aliphatic carbocycles. The number of carbonyl (C=O) groups excluding carboxylic acids is 1. The minimum Gasteiger partial charge on any atom is -0.317 e. The topological polar surface area (TPSA) is 57.0 Å². The van der Waals surface area contributed by atoms with Crippen molar-refractivity contribution in [2.75, 3.05) is 0 Å². The van der Waals surface area contributed by atoms with Crippen LogP contribution in [0.5, 0.6) is 0 Å². The maximum Gasteiger partial charge on any atom is 0.337 e. The van der Waals surface area contributed by atoms with Crippen molar-refractivity contribution >= 4 is 28.6 Å². The molecule has 0 bridgehead atoms. The van der Waals surface area contributed by atoms with Gasteiger partial charge in [-0.05, 0) is 23.4 Å². The second-order valence-electron chi connectivity index (χ2n) is 3.66. The molecule has 0 atom stereocenters. The standard InChI is InChI=1S/C10H10ClN3O2/c1-6(2)10(15)16-14-9-4-3-7(11)5-8(9)12-13-14/h3-6H,1-2H3. The Morgan fingerprint density at radius 2 is 2.25 bits per heavy atom. The maximum atomic E-state index is 11.4. The smallest absolute Gasteiger partial charge is 0.317 e. The molecule has 2 rings (SSSR count). The van der Waals surface area contributed by atoms with E-state index in [-0.39, 0.29) is 11.9 Å². The predicted molar refractivity (Wildman–Crippen MR) is 59.0 cm³/mol. The molecule has 0 unspecified atom stereocenters. The lowest BCUT2D eigenvalue weighted by Gasteiger charge is -2.04. The zero-order valence-corrected chi connectivity index (χ0v) is 9.60. The number of carbonyl (C=O) groups is 1. The van der Waals surface area contributed by atoms with E-state index < -0.39 is 0 Å². The van der Waals surface area contributed by atoms with Gasteiger partial charge in [-0.3, -0.25) is 0 Å². The average Bonchev–Trinajstić information content (AvgIpc) is 2.60. The van der Waals surface area contributed by atoms with Crippen molar-refractivity contribution < 1.29 is 9.63 Å². The highest BCUT2D eigenvalue weighted by Gasteiger charge is 2.13. The Morgan fingerprint density at radius 1 is 1.50 bits per heavy atom. The minimum atomic E-state index is -0.359. The van der Waals surface area contributed by atoms with Gasteiger partial charge in [-0.25, -0.2) is 4.79 Å². The summed E-state index contributed by atoms with van der Waals surface area (Å²) >= 11 is 5.80. The summed E-state index contributed by atoms with van der Waals surface area (Å²) in [5, 5.41) is 8.13. The van der Waals surface area contributed by atoms with Crippen LogP contribution in [0.4, 0.5) is 0 Å². The van der Waals surface area contributed by atoms with Crippen LogP contribution in [-0.4, -0.2) is 21.1 Å². The molecular weight excluding hydrogens is 230 g/mol. The second kappa shape index (κ2) is 4.09. The van der Waals surface area contributed by atoms with Gasteiger partial charge in [-0.15, -0.1) is 5.10 Å². The summed E-state index contributed by atoms with van der Waals surface area (Å²) in [4.78, 5) is 17.5. The molecule has 0 amide bonds. The molecule has 1 heterocycles. The quantitative estimate of drug-likeness (QED) is 0.749. The van der Waals surface area contributed by atoms with E-state index in [1.807, 2.05) is 0 Å². The number of hydrogen-bond acceptors (Lipinski definition) is 4. The van der Waals surface area contributed by atoms with Gasteiger partial charge in [0.15, 0.2) is 0 Å². The van der Waals surface area contributed by atoms with Crippen molar-refractivity contribution in [3.8, 4) is 0 Å². The Labute approximate surface area is 96.9 Å². The van der Waals surface area contributed by atoms with Gasteiger partial charge in [0, 0.05) is 5.02 Å². The minimum absolute atomic E-state index is 0.216. The fourth-order valence-electron chi connectivity index (χ4n) is 1.13. The second-order valence-corrected chi connectivity index (χ2v) is 4.10. The first-order valence-corrected chi connectivity index (χ1v) is 5.19. The number of hydrogen-bond donors (Lipinski definition) is 0. The van der Waals surface area contributed by atoms with E-state index in [1.165, 1.54) is 0 Å². The number of aromatic nitrogens is 3. The molecule has 0 aliphatic heterocycles. The van der Waals surface area contributed by atoms with Crippen LogP contribution in [0.2, 0.25) is 5.02 Å². The summed E-state index contributed by atoms with van der Waals surface area (Å²) in [6, 6.07) is 5.04. The first-order valence-electron chi connectivity index (χ1n) is 4.81. The molecule has 0 aliphatic rings. The van der Waals surface area contributed by atoms with Gasteiger partial charge in [0.1, 0.15) is 11.0 Å². The van der Waals surface area contributed by atoms with E-state index in [0.29, 0.717) is 16.1 Å². The van der Waals surface area contributed by atoms with Crippen LogP contribution in [0.15, 0.2) is 18.2 Å². The van der Waals surface area contributed by atoms with Gasteiger partial charge in [-0.2, -0.15) is 0 Å². The van der Waals surface area contributed by atoms with Crippen molar-refractivity contribution in [2.24, 2.45) is 5.92 Å². The highest BCUT2D eigenvalue weighted by Crippen LogP contribution is 2.16. The third-order valence-electron chi connectivity index (χ3n) is 2.03. The van der Waals surface area contributed by atoms with Gasteiger partial charge in [0.2, 0.25) is 0 Å². The van der Waals surface area contributed by atoms with E-state index in [0.717, 1.165) is 4.85 Å². The van der Waals surface area contributed by atoms with Crippen molar-refractivity contribution in [3.63, 3.8) is 0 Å². The third kappa shape index (κ3) is 1.99. The third-order valence-corrected chi connectivity index (χ3v) is 2.26. The lowest BCUT2D eigenvalue weighted by atomic mass is 10.2. The van der Waals surface area contributed by atoms with Crippen molar-refractivity contribution in [1.82, 2.24) is 15.2 Å². The molecule has 0 N–H and O–H groups in total. The van der Waals surface area contributed by atoms with E-state index in [2.05, 4.69) is 10.3 Å². The lowest BCUT2D eigenvalue weighted by Crippen LogP contribution is -2.24. The van der Waals surface area contributed by atoms with Gasteiger partial charge < -0.3 is 4.84 Å². The Balaban J connectivity index is 2.35. The molecular formula is C10H10ClN3O2. The fraction of sp³-hybridized carbons (Fsp3) is 0.300. The van der Waals surface area contributed by atoms with Crippen LogP contribution < -0.4 is 4.84 Å². The molecule has 0 radical (unpaired) electrons. The number of nitrogens with zero attached hydrogens (tertiary/aromatic N) is 3. The van der Waals surface area contributed by atoms with Gasteiger partial charge >= 0.3 is 5.97 Å². The molecule has 0 saturated carbocycles. The Morgan fingerprint density at radius 3 is 2.94 bits per heavy atom. The Bertz CT molecular complexity index is 536. The van der Waals surface area contributed by atoms with E-state index in [4.69, 9.17) is 16.4 Å². The Hall–Kier alpha value is -1.62. The number of fused-ring (bicyclic) bond motifs is 1. The summed E-state index contributed by atoms with van der Waals surface area (Å²) in [6.07, 6.45) is 0. The molecule has 1 aromatic carbocycles. The van der Waals surface area contributed by atoms with Crippen LogP contribution in [0.3, 0.4) is 0 Å². The zero-order valence-electron chi connectivity index (χ0n) is 8.85. The largest absolute Gasteiger partial charge is 0.337 e. The predicted octanol–water partition coefficient (Wildman–Crippen LogP) is 1.70. The molecule has 16 heavy (non-hydrogen) atoms. The lowest BCUT2D eigenvalue weighted by molar-refractivity contribution is -0.149. The highest BCUT2D eigenvalue weighted by atomic mass is 35.5. The van der Waals surface area contributed by atoms with Crippen molar-refractivity contribution in [2.45, 2.75) is 13.8 Å². The molecule has 6 heteroatoms. The van der Waals surface area contributed by atoms with Gasteiger partial charge in [0.05, 0.1) is 5.92 Å². The maximum absolute atomic E-state index is 11.4. The van der Waals surface area contributed by atoms with E-state index >= 15 is 0 Å². The zero-order chi connectivity index (χ0) is 11.7. The number of halogens is 1. The summed E-state index contributed by atoms with van der Waals surface area (Å²) in [7, 11) is 0.